The summed E-state index contributed by atoms with van der Waals surface area (Å²) in [6.45, 7) is 1.52. The highest BCUT2D eigenvalue weighted by molar-refractivity contribution is 9.10. The first-order chi connectivity index (χ1) is 9.31. The molecule has 1 aromatic carbocycles. The average molecular weight is 334 g/mol. The van der Waals surface area contributed by atoms with E-state index in [1.807, 2.05) is 36.4 Å². The van der Waals surface area contributed by atoms with E-state index in [0.29, 0.717) is 0 Å². The SMILES string of the molecule is Brc1cccc(CNCc2nc3ccccc3s2)n1. The van der Waals surface area contributed by atoms with E-state index in [2.05, 4.69) is 37.3 Å². The van der Waals surface area contributed by atoms with Crippen LogP contribution in [0, 0.1) is 0 Å². The second kappa shape index (κ2) is 5.77. The van der Waals surface area contributed by atoms with Gasteiger partial charge in [0.25, 0.3) is 0 Å². The zero-order chi connectivity index (χ0) is 13.1. The van der Waals surface area contributed by atoms with Crippen LogP contribution >= 0.6 is 27.3 Å². The zero-order valence-electron chi connectivity index (χ0n) is 10.1. The number of pyridine rings is 1. The average Bonchev–Trinajstić information content (AvgIpc) is 2.81. The Balaban J connectivity index is 1.63. The Morgan fingerprint density at radius 3 is 2.74 bits per heavy atom. The summed E-state index contributed by atoms with van der Waals surface area (Å²) in [5, 5.41) is 4.48. The summed E-state index contributed by atoms with van der Waals surface area (Å²) in [6.07, 6.45) is 0. The Morgan fingerprint density at radius 1 is 1.00 bits per heavy atom. The molecule has 3 aromatic rings. The molecule has 1 N–H and O–H groups in total. The van der Waals surface area contributed by atoms with Crippen LogP contribution < -0.4 is 5.32 Å². The first-order valence-corrected chi connectivity index (χ1v) is 7.59. The first-order valence-electron chi connectivity index (χ1n) is 5.98. The third-order valence-electron chi connectivity index (χ3n) is 2.69. The van der Waals surface area contributed by atoms with Gasteiger partial charge in [-0.1, -0.05) is 18.2 Å². The van der Waals surface area contributed by atoms with Crippen molar-refractivity contribution >= 4 is 37.5 Å². The van der Waals surface area contributed by atoms with Crippen molar-refractivity contribution in [3.63, 3.8) is 0 Å². The van der Waals surface area contributed by atoms with Crippen molar-refractivity contribution in [3.05, 3.63) is 57.8 Å². The number of para-hydroxylation sites is 1. The van der Waals surface area contributed by atoms with Crippen molar-refractivity contribution in [2.75, 3.05) is 0 Å². The number of rotatable bonds is 4. The molecule has 0 atom stereocenters. The Bertz CT molecular complexity index is 663. The minimum atomic E-state index is 0.745. The number of aromatic nitrogens is 2. The molecule has 0 aliphatic carbocycles. The number of thiazole rings is 1. The van der Waals surface area contributed by atoms with Gasteiger partial charge in [0, 0.05) is 13.1 Å². The summed E-state index contributed by atoms with van der Waals surface area (Å²) in [4.78, 5) is 8.97. The summed E-state index contributed by atoms with van der Waals surface area (Å²) in [5.41, 5.74) is 2.10. The van der Waals surface area contributed by atoms with E-state index in [4.69, 9.17) is 0 Å². The fraction of sp³-hybridized carbons (Fsp3) is 0.143. The molecular formula is C14H12BrN3S. The summed E-state index contributed by atoms with van der Waals surface area (Å²) >= 11 is 5.11. The van der Waals surface area contributed by atoms with Crippen LogP contribution in [0.25, 0.3) is 10.2 Å². The molecule has 0 amide bonds. The molecule has 0 aliphatic rings. The normalized spacial score (nSPS) is 11.0. The van der Waals surface area contributed by atoms with Gasteiger partial charge in [-0.15, -0.1) is 11.3 Å². The highest BCUT2D eigenvalue weighted by Crippen LogP contribution is 2.21. The molecule has 19 heavy (non-hydrogen) atoms. The predicted octanol–water partition coefficient (Wildman–Crippen LogP) is 3.74. The molecule has 0 aliphatic heterocycles. The Hall–Kier alpha value is -1.30. The standard InChI is InChI=1S/C14H12BrN3S/c15-13-7-3-4-10(17-13)8-16-9-14-18-11-5-1-2-6-12(11)19-14/h1-7,16H,8-9H2. The Kier molecular flexibility index (Phi) is 3.87. The Labute approximate surface area is 123 Å². The van der Waals surface area contributed by atoms with Crippen molar-refractivity contribution in [3.8, 4) is 0 Å². The molecule has 0 bridgehead atoms. The zero-order valence-corrected chi connectivity index (χ0v) is 12.5. The van der Waals surface area contributed by atoms with Gasteiger partial charge in [0.1, 0.15) is 9.61 Å². The van der Waals surface area contributed by atoms with Gasteiger partial charge in [-0.2, -0.15) is 0 Å². The minimum absolute atomic E-state index is 0.745. The molecule has 3 rings (SSSR count). The molecule has 0 saturated carbocycles. The molecule has 96 valence electrons. The van der Waals surface area contributed by atoms with Crippen LogP contribution in [0.15, 0.2) is 47.1 Å². The van der Waals surface area contributed by atoms with Crippen molar-refractivity contribution < 1.29 is 0 Å². The fourth-order valence-electron chi connectivity index (χ4n) is 1.84. The van der Waals surface area contributed by atoms with Crippen LogP contribution in [-0.2, 0) is 13.1 Å². The molecule has 3 nitrogen and oxygen atoms in total. The van der Waals surface area contributed by atoms with Crippen molar-refractivity contribution in [1.29, 1.82) is 0 Å². The van der Waals surface area contributed by atoms with Gasteiger partial charge in [-0.05, 0) is 40.2 Å². The van der Waals surface area contributed by atoms with Gasteiger partial charge in [-0.3, -0.25) is 0 Å². The van der Waals surface area contributed by atoms with E-state index >= 15 is 0 Å². The Morgan fingerprint density at radius 2 is 1.89 bits per heavy atom. The molecule has 5 heteroatoms. The minimum Gasteiger partial charge on any atom is -0.305 e. The maximum Gasteiger partial charge on any atom is 0.108 e. The fourth-order valence-corrected chi connectivity index (χ4v) is 3.16. The number of hydrogen-bond donors (Lipinski definition) is 1. The van der Waals surface area contributed by atoms with Crippen LogP contribution in [0.2, 0.25) is 0 Å². The third kappa shape index (κ3) is 3.18. The topological polar surface area (TPSA) is 37.8 Å². The highest BCUT2D eigenvalue weighted by Gasteiger charge is 2.02. The third-order valence-corrected chi connectivity index (χ3v) is 4.17. The molecule has 0 radical (unpaired) electrons. The smallest absolute Gasteiger partial charge is 0.108 e. The van der Waals surface area contributed by atoms with Crippen LogP contribution in [0.3, 0.4) is 0 Å². The summed E-state index contributed by atoms with van der Waals surface area (Å²) in [6, 6.07) is 14.1. The molecule has 0 unspecified atom stereocenters. The van der Waals surface area contributed by atoms with Gasteiger partial charge >= 0.3 is 0 Å². The van der Waals surface area contributed by atoms with Gasteiger partial charge in [0.2, 0.25) is 0 Å². The van der Waals surface area contributed by atoms with E-state index in [0.717, 1.165) is 33.9 Å². The lowest BCUT2D eigenvalue weighted by Gasteiger charge is -2.02. The van der Waals surface area contributed by atoms with E-state index in [9.17, 15) is 0 Å². The maximum absolute atomic E-state index is 4.59. The van der Waals surface area contributed by atoms with E-state index in [1.165, 1.54) is 4.70 Å². The summed E-state index contributed by atoms with van der Waals surface area (Å²) in [7, 11) is 0. The molecular weight excluding hydrogens is 322 g/mol. The van der Waals surface area contributed by atoms with Gasteiger partial charge in [0.05, 0.1) is 15.9 Å². The van der Waals surface area contributed by atoms with Crippen LogP contribution in [0.4, 0.5) is 0 Å². The first kappa shape index (κ1) is 12.7. The molecule has 0 fully saturated rings. The largest absolute Gasteiger partial charge is 0.305 e. The van der Waals surface area contributed by atoms with Gasteiger partial charge in [-0.25, -0.2) is 9.97 Å². The molecule has 2 aromatic heterocycles. The second-order valence-electron chi connectivity index (χ2n) is 4.13. The molecule has 0 saturated heterocycles. The number of nitrogens with zero attached hydrogens (tertiary/aromatic N) is 2. The van der Waals surface area contributed by atoms with E-state index in [-0.39, 0.29) is 0 Å². The second-order valence-corrected chi connectivity index (χ2v) is 6.06. The van der Waals surface area contributed by atoms with Crippen LogP contribution in [-0.4, -0.2) is 9.97 Å². The summed E-state index contributed by atoms with van der Waals surface area (Å²) in [5.74, 6) is 0. The number of nitrogens with one attached hydrogen (secondary N) is 1. The highest BCUT2D eigenvalue weighted by atomic mass is 79.9. The number of benzene rings is 1. The molecule has 2 heterocycles. The van der Waals surface area contributed by atoms with Crippen LogP contribution in [0.1, 0.15) is 10.7 Å². The van der Waals surface area contributed by atoms with Crippen molar-refractivity contribution in [2.24, 2.45) is 0 Å². The van der Waals surface area contributed by atoms with Crippen molar-refractivity contribution in [1.82, 2.24) is 15.3 Å². The lowest BCUT2D eigenvalue weighted by molar-refractivity contribution is 0.676. The number of halogens is 1. The van der Waals surface area contributed by atoms with E-state index in [1.54, 1.807) is 11.3 Å². The van der Waals surface area contributed by atoms with E-state index < -0.39 is 0 Å². The summed E-state index contributed by atoms with van der Waals surface area (Å²) < 4.78 is 2.10. The van der Waals surface area contributed by atoms with Gasteiger partial charge < -0.3 is 5.32 Å². The van der Waals surface area contributed by atoms with Crippen molar-refractivity contribution in [2.45, 2.75) is 13.1 Å². The molecule has 0 spiro atoms. The maximum atomic E-state index is 4.59. The van der Waals surface area contributed by atoms with Crippen LogP contribution in [0.5, 0.6) is 0 Å². The quantitative estimate of drug-likeness (QED) is 0.739. The predicted molar refractivity (Wildman–Crippen MR) is 82.1 cm³/mol. The number of fused-ring (bicyclic) bond motifs is 1. The number of hydrogen-bond acceptors (Lipinski definition) is 4. The van der Waals surface area contributed by atoms with Gasteiger partial charge in [0.15, 0.2) is 0 Å². The lowest BCUT2D eigenvalue weighted by Crippen LogP contribution is -2.13. The monoisotopic (exact) mass is 333 g/mol. The lowest BCUT2D eigenvalue weighted by atomic mass is 10.3.